The standard InChI is InChI=1S/C8H16N2O2/c9-7-6-10(8(7)12)4-2-1-3-5-11/h7,11H,1-6,9H2. The second-order valence-electron chi connectivity index (χ2n) is 3.18. The van der Waals surface area contributed by atoms with Gasteiger partial charge in [-0.3, -0.25) is 4.79 Å². The van der Waals surface area contributed by atoms with Gasteiger partial charge in [-0.15, -0.1) is 0 Å². The fourth-order valence-electron chi connectivity index (χ4n) is 1.32. The third-order valence-corrected chi connectivity index (χ3v) is 2.13. The van der Waals surface area contributed by atoms with E-state index in [2.05, 4.69) is 0 Å². The molecule has 0 radical (unpaired) electrons. The van der Waals surface area contributed by atoms with Crippen molar-refractivity contribution < 1.29 is 9.90 Å². The summed E-state index contributed by atoms with van der Waals surface area (Å²) in [5, 5.41) is 8.50. The van der Waals surface area contributed by atoms with Crippen LogP contribution in [0, 0.1) is 0 Å². The summed E-state index contributed by atoms with van der Waals surface area (Å²) in [7, 11) is 0. The Bertz CT molecular complexity index is 161. The minimum absolute atomic E-state index is 0.0685. The molecule has 4 nitrogen and oxygen atoms in total. The van der Waals surface area contributed by atoms with Crippen LogP contribution in [0.2, 0.25) is 0 Å². The van der Waals surface area contributed by atoms with E-state index in [1.165, 1.54) is 0 Å². The highest BCUT2D eigenvalue weighted by atomic mass is 16.2. The first-order valence-corrected chi connectivity index (χ1v) is 4.41. The largest absolute Gasteiger partial charge is 0.396 e. The third-order valence-electron chi connectivity index (χ3n) is 2.13. The monoisotopic (exact) mass is 172 g/mol. The summed E-state index contributed by atoms with van der Waals surface area (Å²) >= 11 is 0. The maximum atomic E-state index is 11.0. The lowest BCUT2D eigenvalue weighted by Crippen LogP contribution is -2.60. The first-order chi connectivity index (χ1) is 5.75. The number of likely N-dealkylation sites (tertiary alicyclic amines) is 1. The Kier molecular flexibility index (Phi) is 3.49. The molecule has 70 valence electrons. The third kappa shape index (κ3) is 2.19. The van der Waals surface area contributed by atoms with Gasteiger partial charge in [-0.05, 0) is 19.3 Å². The summed E-state index contributed by atoms with van der Waals surface area (Å²) in [6.07, 6.45) is 2.78. The van der Waals surface area contributed by atoms with Crippen LogP contribution in [0.4, 0.5) is 0 Å². The van der Waals surface area contributed by atoms with Gasteiger partial charge in [0, 0.05) is 19.7 Å². The van der Waals surface area contributed by atoms with Gasteiger partial charge in [0.2, 0.25) is 5.91 Å². The predicted molar refractivity (Wildman–Crippen MR) is 45.5 cm³/mol. The Morgan fingerprint density at radius 3 is 2.75 bits per heavy atom. The van der Waals surface area contributed by atoms with Crippen LogP contribution < -0.4 is 5.73 Å². The summed E-state index contributed by atoms with van der Waals surface area (Å²) in [6, 6.07) is -0.247. The van der Waals surface area contributed by atoms with Crippen LogP contribution in [0.5, 0.6) is 0 Å². The molecular formula is C8H16N2O2. The molecule has 1 fully saturated rings. The van der Waals surface area contributed by atoms with Crippen molar-refractivity contribution in [3.63, 3.8) is 0 Å². The minimum atomic E-state index is -0.247. The zero-order valence-corrected chi connectivity index (χ0v) is 7.20. The van der Waals surface area contributed by atoms with E-state index in [-0.39, 0.29) is 18.6 Å². The van der Waals surface area contributed by atoms with Gasteiger partial charge in [-0.2, -0.15) is 0 Å². The average molecular weight is 172 g/mol. The van der Waals surface area contributed by atoms with E-state index in [4.69, 9.17) is 10.8 Å². The molecular weight excluding hydrogens is 156 g/mol. The van der Waals surface area contributed by atoms with Crippen molar-refractivity contribution in [2.75, 3.05) is 19.7 Å². The number of nitrogens with two attached hydrogens (primary N) is 1. The molecule has 0 aromatic heterocycles. The molecule has 0 spiro atoms. The summed E-state index contributed by atoms with van der Waals surface area (Å²) < 4.78 is 0. The highest BCUT2D eigenvalue weighted by Crippen LogP contribution is 2.09. The SMILES string of the molecule is NC1CN(CCCCCO)C1=O. The summed E-state index contributed by atoms with van der Waals surface area (Å²) in [4.78, 5) is 12.7. The van der Waals surface area contributed by atoms with Crippen LogP contribution in [0.15, 0.2) is 0 Å². The first-order valence-electron chi connectivity index (χ1n) is 4.41. The normalized spacial score (nSPS) is 22.7. The summed E-state index contributed by atoms with van der Waals surface area (Å²) in [5.74, 6) is 0.0685. The van der Waals surface area contributed by atoms with Gasteiger partial charge < -0.3 is 15.7 Å². The smallest absolute Gasteiger partial charge is 0.241 e. The Morgan fingerprint density at radius 2 is 2.25 bits per heavy atom. The molecule has 1 saturated heterocycles. The van der Waals surface area contributed by atoms with Crippen LogP contribution >= 0.6 is 0 Å². The van der Waals surface area contributed by atoms with E-state index in [1.807, 2.05) is 0 Å². The van der Waals surface area contributed by atoms with Gasteiger partial charge in [0.05, 0.1) is 0 Å². The van der Waals surface area contributed by atoms with Crippen molar-refractivity contribution in [1.82, 2.24) is 4.90 Å². The highest BCUT2D eigenvalue weighted by Gasteiger charge is 2.32. The number of carbonyl (C=O) groups is 1. The number of hydrogen-bond acceptors (Lipinski definition) is 3. The van der Waals surface area contributed by atoms with Gasteiger partial charge in [-0.25, -0.2) is 0 Å². The number of unbranched alkanes of at least 4 members (excludes halogenated alkanes) is 2. The second kappa shape index (κ2) is 4.42. The molecule has 1 unspecified atom stereocenters. The van der Waals surface area contributed by atoms with Gasteiger partial charge in [0.25, 0.3) is 0 Å². The van der Waals surface area contributed by atoms with E-state index in [0.29, 0.717) is 6.54 Å². The van der Waals surface area contributed by atoms with Crippen molar-refractivity contribution in [2.45, 2.75) is 25.3 Å². The molecule has 4 heteroatoms. The van der Waals surface area contributed by atoms with Crippen molar-refractivity contribution in [1.29, 1.82) is 0 Å². The molecule has 0 saturated carbocycles. The van der Waals surface area contributed by atoms with Crippen LogP contribution in [0.3, 0.4) is 0 Å². The molecule has 1 atom stereocenters. The van der Waals surface area contributed by atoms with Gasteiger partial charge >= 0.3 is 0 Å². The first kappa shape index (κ1) is 9.48. The Morgan fingerprint density at radius 1 is 1.50 bits per heavy atom. The molecule has 0 bridgehead atoms. The molecule has 3 N–H and O–H groups in total. The number of carbonyl (C=O) groups excluding carboxylic acids is 1. The molecule has 1 aliphatic rings. The summed E-state index contributed by atoms with van der Waals surface area (Å²) in [5.41, 5.74) is 5.41. The lowest BCUT2D eigenvalue weighted by molar-refractivity contribution is -0.142. The topological polar surface area (TPSA) is 66.6 Å². The van der Waals surface area contributed by atoms with E-state index < -0.39 is 0 Å². The van der Waals surface area contributed by atoms with Crippen molar-refractivity contribution in [3.8, 4) is 0 Å². The fraction of sp³-hybridized carbons (Fsp3) is 0.875. The maximum absolute atomic E-state index is 11.0. The minimum Gasteiger partial charge on any atom is -0.396 e. The number of aliphatic hydroxyl groups excluding tert-OH is 1. The zero-order valence-electron chi connectivity index (χ0n) is 7.20. The van der Waals surface area contributed by atoms with E-state index in [9.17, 15) is 4.79 Å². The van der Waals surface area contributed by atoms with Crippen LogP contribution in [-0.2, 0) is 4.79 Å². The molecule has 12 heavy (non-hydrogen) atoms. The van der Waals surface area contributed by atoms with Crippen LogP contribution in [0.1, 0.15) is 19.3 Å². The molecule has 1 heterocycles. The van der Waals surface area contributed by atoms with Gasteiger partial charge in [0.15, 0.2) is 0 Å². The van der Waals surface area contributed by atoms with Crippen molar-refractivity contribution in [3.05, 3.63) is 0 Å². The number of rotatable bonds is 5. The number of amides is 1. The van der Waals surface area contributed by atoms with Crippen LogP contribution in [-0.4, -0.2) is 41.7 Å². The molecule has 1 amide bonds. The lowest BCUT2D eigenvalue weighted by atomic mass is 10.1. The number of hydrogen-bond donors (Lipinski definition) is 2. The molecule has 1 rings (SSSR count). The quantitative estimate of drug-likeness (QED) is 0.426. The van der Waals surface area contributed by atoms with Crippen LogP contribution in [0.25, 0.3) is 0 Å². The lowest BCUT2D eigenvalue weighted by Gasteiger charge is -2.36. The molecule has 0 aliphatic carbocycles. The van der Waals surface area contributed by atoms with E-state index >= 15 is 0 Å². The fourth-order valence-corrected chi connectivity index (χ4v) is 1.32. The van der Waals surface area contributed by atoms with Gasteiger partial charge in [-0.1, -0.05) is 0 Å². The zero-order chi connectivity index (χ0) is 8.97. The number of aliphatic hydroxyl groups is 1. The Hall–Kier alpha value is -0.610. The maximum Gasteiger partial charge on any atom is 0.241 e. The molecule has 1 aliphatic heterocycles. The number of nitrogens with zero attached hydrogens (tertiary/aromatic N) is 1. The van der Waals surface area contributed by atoms with Gasteiger partial charge in [0.1, 0.15) is 6.04 Å². The van der Waals surface area contributed by atoms with E-state index in [1.54, 1.807) is 4.90 Å². The predicted octanol–water partition coefficient (Wildman–Crippen LogP) is -0.681. The summed E-state index contributed by atoms with van der Waals surface area (Å²) in [6.45, 7) is 1.75. The van der Waals surface area contributed by atoms with Crippen molar-refractivity contribution >= 4 is 5.91 Å². The van der Waals surface area contributed by atoms with E-state index in [0.717, 1.165) is 25.8 Å². The Labute approximate surface area is 72.3 Å². The molecule has 0 aromatic rings. The second-order valence-corrected chi connectivity index (χ2v) is 3.18. The molecule has 0 aromatic carbocycles. The average Bonchev–Trinajstić information content (AvgIpc) is 2.10. The Balaban J connectivity index is 1.98. The van der Waals surface area contributed by atoms with Crippen molar-refractivity contribution in [2.24, 2.45) is 5.73 Å². The highest BCUT2D eigenvalue weighted by molar-refractivity contribution is 5.87. The number of β-lactam (4-membered cyclic amide) rings is 1.